The van der Waals surface area contributed by atoms with E-state index < -0.39 is 0 Å². The summed E-state index contributed by atoms with van der Waals surface area (Å²) in [5.74, 6) is 1.96. The first-order chi connectivity index (χ1) is 12.7. The van der Waals surface area contributed by atoms with Gasteiger partial charge < -0.3 is 24.6 Å². The van der Waals surface area contributed by atoms with Crippen LogP contribution in [-0.4, -0.2) is 88.5 Å². The highest BCUT2D eigenvalue weighted by molar-refractivity contribution is 5.79. The largest absolute Gasteiger partial charge is 0.385 e. The Bertz CT molecular complexity index is 389. The topological polar surface area (TPSA) is 49.3 Å². The van der Waals surface area contributed by atoms with Gasteiger partial charge in [-0.1, -0.05) is 6.92 Å². The number of methoxy groups -OCH3 is 1. The minimum atomic E-state index is 0.391. The van der Waals surface area contributed by atoms with E-state index in [9.17, 15) is 0 Å². The summed E-state index contributed by atoms with van der Waals surface area (Å²) in [5.41, 5.74) is 0. The molecule has 6 heteroatoms. The minimum absolute atomic E-state index is 0.391. The monoisotopic (exact) mass is 368 g/mol. The summed E-state index contributed by atoms with van der Waals surface area (Å²) in [5, 5.41) is 3.55. The molecule has 2 saturated heterocycles. The number of likely N-dealkylation sites (tertiary alicyclic amines) is 2. The van der Waals surface area contributed by atoms with Gasteiger partial charge in [0, 0.05) is 47.0 Å². The van der Waals surface area contributed by atoms with Crippen LogP contribution < -0.4 is 5.32 Å². The smallest absolute Gasteiger partial charge is 0.193 e. The van der Waals surface area contributed by atoms with E-state index in [1.807, 2.05) is 7.05 Å². The zero-order valence-corrected chi connectivity index (χ0v) is 17.2. The van der Waals surface area contributed by atoms with Crippen LogP contribution in [0.5, 0.6) is 0 Å². The molecule has 2 fully saturated rings. The summed E-state index contributed by atoms with van der Waals surface area (Å²) in [7, 11) is 3.63. The zero-order chi connectivity index (χ0) is 18.6. The molecule has 0 aliphatic carbocycles. The SMILES string of the molecule is CN=C(NCCCN1CCC(C)CC1)N1CCC(OCCCOC)CC1. The van der Waals surface area contributed by atoms with E-state index in [1.165, 1.54) is 38.9 Å². The summed E-state index contributed by atoms with van der Waals surface area (Å²) in [6.07, 6.45) is 7.44. The predicted octanol–water partition coefficient (Wildman–Crippen LogP) is 2.20. The lowest BCUT2D eigenvalue weighted by molar-refractivity contribution is 0.00991. The molecule has 152 valence electrons. The molecule has 2 rings (SSSR count). The molecule has 6 nitrogen and oxygen atoms in total. The van der Waals surface area contributed by atoms with Crippen LogP contribution in [0.4, 0.5) is 0 Å². The van der Waals surface area contributed by atoms with Gasteiger partial charge in [-0.25, -0.2) is 0 Å². The van der Waals surface area contributed by atoms with E-state index in [0.717, 1.165) is 64.0 Å². The molecule has 2 aliphatic rings. The van der Waals surface area contributed by atoms with Crippen molar-refractivity contribution in [3.8, 4) is 0 Å². The second-order valence-electron chi connectivity index (χ2n) is 7.76. The lowest BCUT2D eigenvalue weighted by Crippen LogP contribution is -2.47. The van der Waals surface area contributed by atoms with Gasteiger partial charge in [-0.2, -0.15) is 0 Å². The second kappa shape index (κ2) is 12.5. The summed E-state index contributed by atoms with van der Waals surface area (Å²) < 4.78 is 11.0. The molecule has 0 aromatic heterocycles. The van der Waals surface area contributed by atoms with Crippen molar-refractivity contribution in [1.82, 2.24) is 15.1 Å². The Kier molecular flexibility index (Phi) is 10.3. The molecule has 0 spiro atoms. The molecular weight excluding hydrogens is 328 g/mol. The van der Waals surface area contributed by atoms with Crippen molar-refractivity contribution in [2.75, 3.05) is 66.6 Å². The van der Waals surface area contributed by atoms with Crippen LogP contribution in [0, 0.1) is 5.92 Å². The molecule has 1 N–H and O–H groups in total. The third-order valence-electron chi connectivity index (χ3n) is 5.61. The molecule has 26 heavy (non-hydrogen) atoms. The first-order valence-corrected chi connectivity index (χ1v) is 10.5. The fourth-order valence-electron chi connectivity index (χ4n) is 3.81. The van der Waals surface area contributed by atoms with E-state index in [-0.39, 0.29) is 0 Å². The van der Waals surface area contributed by atoms with Crippen LogP contribution in [0.2, 0.25) is 0 Å². The van der Waals surface area contributed by atoms with Crippen molar-refractivity contribution in [2.24, 2.45) is 10.9 Å². The van der Waals surface area contributed by atoms with Gasteiger partial charge in [0.2, 0.25) is 0 Å². The minimum Gasteiger partial charge on any atom is -0.385 e. The van der Waals surface area contributed by atoms with Crippen molar-refractivity contribution >= 4 is 5.96 Å². The van der Waals surface area contributed by atoms with Gasteiger partial charge in [0.15, 0.2) is 5.96 Å². The van der Waals surface area contributed by atoms with Crippen LogP contribution in [-0.2, 0) is 9.47 Å². The number of hydrogen-bond acceptors (Lipinski definition) is 4. The number of piperidine rings is 2. The van der Waals surface area contributed by atoms with Crippen molar-refractivity contribution in [3.63, 3.8) is 0 Å². The van der Waals surface area contributed by atoms with Gasteiger partial charge in [0.25, 0.3) is 0 Å². The van der Waals surface area contributed by atoms with Crippen molar-refractivity contribution in [2.45, 2.75) is 51.6 Å². The molecule has 0 saturated carbocycles. The summed E-state index contributed by atoms with van der Waals surface area (Å²) >= 11 is 0. The molecular formula is C20H40N4O2. The molecule has 0 radical (unpaired) electrons. The van der Waals surface area contributed by atoms with Crippen LogP contribution in [0.1, 0.15) is 45.4 Å². The lowest BCUT2D eigenvalue weighted by Gasteiger charge is -2.34. The summed E-state index contributed by atoms with van der Waals surface area (Å²) in [6.45, 7) is 10.8. The molecule has 0 aromatic rings. The van der Waals surface area contributed by atoms with Gasteiger partial charge in [0.05, 0.1) is 6.10 Å². The van der Waals surface area contributed by atoms with E-state index in [2.05, 4.69) is 27.0 Å². The third-order valence-corrected chi connectivity index (χ3v) is 5.61. The fraction of sp³-hybridized carbons (Fsp3) is 0.950. The van der Waals surface area contributed by atoms with Crippen molar-refractivity contribution in [1.29, 1.82) is 0 Å². The average molecular weight is 369 g/mol. The van der Waals surface area contributed by atoms with E-state index in [1.54, 1.807) is 7.11 Å². The Morgan fingerprint density at radius 1 is 1.04 bits per heavy atom. The van der Waals surface area contributed by atoms with Crippen LogP contribution in [0.3, 0.4) is 0 Å². The summed E-state index contributed by atoms with van der Waals surface area (Å²) in [6, 6.07) is 0. The molecule has 0 atom stereocenters. The predicted molar refractivity (Wildman–Crippen MR) is 108 cm³/mol. The average Bonchev–Trinajstić information content (AvgIpc) is 2.67. The molecule has 2 heterocycles. The first-order valence-electron chi connectivity index (χ1n) is 10.5. The fourth-order valence-corrected chi connectivity index (χ4v) is 3.81. The number of ether oxygens (including phenoxy) is 2. The number of nitrogens with zero attached hydrogens (tertiary/aromatic N) is 3. The highest BCUT2D eigenvalue weighted by Crippen LogP contribution is 2.16. The first kappa shape index (κ1) is 21.5. The lowest BCUT2D eigenvalue weighted by atomic mass is 9.99. The Labute approximate surface area is 160 Å². The number of aliphatic imine (C=N–C) groups is 1. The molecule has 0 unspecified atom stereocenters. The van der Waals surface area contributed by atoms with Crippen LogP contribution >= 0.6 is 0 Å². The quantitative estimate of drug-likeness (QED) is 0.384. The number of guanidine groups is 1. The van der Waals surface area contributed by atoms with Gasteiger partial charge in [-0.15, -0.1) is 0 Å². The van der Waals surface area contributed by atoms with Crippen molar-refractivity contribution in [3.05, 3.63) is 0 Å². The number of nitrogens with one attached hydrogen (secondary N) is 1. The maximum Gasteiger partial charge on any atom is 0.193 e. The highest BCUT2D eigenvalue weighted by Gasteiger charge is 2.21. The molecule has 2 aliphatic heterocycles. The third kappa shape index (κ3) is 7.80. The molecule has 0 amide bonds. The van der Waals surface area contributed by atoms with E-state index in [0.29, 0.717) is 6.10 Å². The maximum atomic E-state index is 5.95. The second-order valence-corrected chi connectivity index (χ2v) is 7.76. The van der Waals surface area contributed by atoms with E-state index >= 15 is 0 Å². The van der Waals surface area contributed by atoms with Gasteiger partial charge in [-0.05, 0) is 64.1 Å². The van der Waals surface area contributed by atoms with E-state index in [4.69, 9.17) is 9.47 Å². The van der Waals surface area contributed by atoms with Gasteiger partial charge in [0.1, 0.15) is 0 Å². The van der Waals surface area contributed by atoms with Crippen LogP contribution in [0.15, 0.2) is 4.99 Å². The standard InChI is InChI=1S/C20H40N4O2/c1-18-6-12-23(13-7-18)11-4-10-22-20(21-2)24-14-8-19(9-15-24)26-17-5-16-25-3/h18-19H,4-17H2,1-3H3,(H,21,22). The Balaban J connectivity index is 1.56. The van der Waals surface area contributed by atoms with Gasteiger partial charge in [-0.3, -0.25) is 4.99 Å². The Morgan fingerprint density at radius 3 is 2.42 bits per heavy atom. The van der Waals surface area contributed by atoms with Gasteiger partial charge >= 0.3 is 0 Å². The number of rotatable bonds is 9. The molecule has 0 bridgehead atoms. The Morgan fingerprint density at radius 2 is 1.77 bits per heavy atom. The van der Waals surface area contributed by atoms with Crippen LogP contribution in [0.25, 0.3) is 0 Å². The Hall–Kier alpha value is -0.850. The number of hydrogen-bond donors (Lipinski definition) is 1. The zero-order valence-electron chi connectivity index (χ0n) is 17.2. The highest BCUT2D eigenvalue weighted by atomic mass is 16.5. The molecule has 0 aromatic carbocycles. The normalized spacial score (nSPS) is 21.3. The van der Waals surface area contributed by atoms with Crippen molar-refractivity contribution < 1.29 is 9.47 Å². The summed E-state index contributed by atoms with van der Waals surface area (Å²) in [4.78, 5) is 9.46. The maximum absolute atomic E-state index is 5.95.